The first-order chi connectivity index (χ1) is 12.0. The van der Waals surface area contributed by atoms with Crippen LogP contribution in [-0.4, -0.2) is 9.85 Å². The molecule has 26 heavy (non-hydrogen) atoms. The fourth-order valence-electron chi connectivity index (χ4n) is 2.73. The molecule has 2 aromatic rings. The largest absolute Gasteiger partial charge is 0.273 e. The average molecular weight is 395 g/mol. The molecule has 0 aliphatic heterocycles. The van der Waals surface area contributed by atoms with Gasteiger partial charge in [-0.2, -0.15) is 0 Å². The van der Waals surface area contributed by atoms with E-state index in [9.17, 15) is 20.2 Å². The maximum absolute atomic E-state index is 11.3. The molecule has 0 saturated carbocycles. The highest BCUT2D eigenvalue weighted by atomic mass is 35.5. The molecule has 0 spiro atoms. The van der Waals surface area contributed by atoms with Gasteiger partial charge in [-0.05, 0) is 49.9 Å². The Morgan fingerprint density at radius 1 is 0.769 bits per heavy atom. The van der Waals surface area contributed by atoms with Crippen molar-refractivity contribution < 1.29 is 9.85 Å². The number of rotatable bonds is 4. The molecule has 0 bridgehead atoms. The zero-order valence-electron chi connectivity index (χ0n) is 14.6. The summed E-state index contributed by atoms with van der Waals surface area (Å²) in [6, 6.07) is 6.21. The predicted molar refractivity (Wildman–Crippen MR) is 103 cm³/mol. The first kappa shape index (κ1) is 19.9. The van der Waals surface area contributed by atoms with Crippen molar-refractivity contribution in [3.05, 3.63) is 82.4 Å². The van der Waals surface area contributed by atoms with E-state index in [0.29, 0.717) is 39.0 Å². The Labute approximate surface area is 160 Å². The molecule has 0 saturated heterocycles. The molecule has 8 heteroatoms. The van der Waals surface area contributed by atoms with E-state index in [2.05, 4.69) is 0 Å². The second-order valence-corrected chi connectivity index (χ2v) is 6.97. The summed E-state index contributed by atoms with van der Waals surface area (Å²) in [6.07, 6.45) is 0. The number of halogens is 2. The summed E-state index contributed by atoms with van der Waals surface area (Å²) in [4.78, 5) is 21.7. The first-order valence-electron chi connectivity index (χ1n) is 7.61. The van der Waals surface area contributed by atoms with Crippen molar-refractivity contribution in [2.75, 3.05) is 0 Å². The lowest BCUT2D eigenvalue weighted by atomic mass is 9.92. The van der Waals surface area contributed by atoms with E-state index in [1.165, 1.54) is 12.1 Å². The normalized spacial score (nSPS) is 10.5. The second kappa shape index (κ2) is 7.43. The molecule has 0 aliphatic carbocycles. The van der Waals surface area contributed by atoms with Crippen molar-refractivity contribution in [3.8, 4) is 0 Å². The zero-order chi connectivity index (χ0) is 19.8. The van der Waals surface area contributed by atoms with Gasteiger partial charge in [0.1, 0.15) is 4.49 Å². The molecular formula is C18H16Cl2N2O4. The van der Waals surface area contributed by atoms with Crippen molar-refractivity contribution >= 4 is 40.1 Å². The number of nitro groups is 2. The van der Waals surface area contributed by atoms with Crippen LogP contribution < -0.4 is 0 Å². The van der Waals surface area contributed by atoms with Gasteiger partial charge in [0.15, 0.2) is 0 Å². The van der Waals surface area contributed by atoms with Gasteiger partial charge in [-0.25, -0.2) is 0 Å². The Kier molecular flexibility index (Phi) is 5.68. The van der Waals surface area contributed by atoms with Gasteiger partial charge in [-0.3, -0.25) is 20.2 Å². The number of hydrogen-bond acceptors (Lipinski definition) is 4. The van der Waals surface area contributed by atoms with E-state index < -0.39 is 9.85 Å². The van der Waals surface area contributed by atoms with Gasteiger partial charge >= 0.3 is 0 Å². The highest BCUT2D eigenvalue weighted by Gasteiger charge is 2.21. The molecule has 2 aromatic carbocycles. The van der Waals surface area contributed by atoms with Crippen molar-refractivity contribution in [2.24, 2.45) is 0 Å². The molecule has 0 unspecified atom stereocenters. The third-order valence-electron chi connectivity index (χ3n) is 4.44. The van der Waals surface area contributed by atoms with Crippen molar-refractivity contribution in [2.45, 2.75) is 27.7 Å². The van der Waals surface area contributed by atoms with Crippen LogP contribution in [0, 0.1) is 47.9 Å². The summed E-state index contributed by atoms with van der Waals surface area (Å²) in [7, 11) is 0. The van der Waals surface area contributed by atoms with Crippen LogP contribution in [0.1, 0.15) is 33.4 Å². The number of hydrogen-bond donors (Lipinski definition) is 0. The molecule has 0 N–H and O–H groups in total. The molecule has 2 rings (SSSR count). The average Bonchev–Trinajstić information content (AvgIpc) is 2.52. The molecule has 0 aliphatic rings. The lowest BCUT2D eigenvalue weighted by Crippen LogP contribution is -2.00. The summed E-state index contributed by atoms with van der Waals surface area (Å²) in [6.45, 7) is 6.80. The standard InChI is InChI=1S/C18H16Cl2N2O4/c1-9-5-13(7-15(11(9)3)21(23)24)17(18(19)20)14-6-10(2)12(4)16(8-14)22(25)26/h5-8H,1-4H3. The SMILES string of the molecule is Cc1cc(C(=C(Cl)Cl)c2cc(C)c(C)c([N+](=O)[O-])c2)cc([N+](=O)[O-])c1C. The van der Waals surface area contributed by atoms with Crippen LogP contribution >= 0.6 is 23.2 Å². The summed E-state index contributed by atoms with van der Waals surface area (Å²) < 4.78 is -0.125. The zero-order valence-corrected chi connectivity index (χ0v) is 16.1. The first-order valence-corrected chi connectivity index (χ1v) is 8.37. The van der Waals surface area contributed by atoms with E-state index in [-0.39, 0.29) is 15.9 Å². The van der Waals surface area contributed by atoms with Crippen molar-refractivity contribution in [1.29, 1.82) is 0 Å². The molecule has 0 aromatic heterocycles. The molecule has 0 amide bonds. The molecule has 0 atom stereocenters. The van der Waals surface area contributed by atoms with Crippen molar-refractivity contribution in [1.82, 2.24) is 0 Å². The molecule has 136 valence electrons. The molecular weight excluding hydrogens is 379 g/mol. The van der Waals surface area contributed by atoms with Gasteiger partial charge in [-0.1, -0.05) is 35.3 Å². The minimum Gasteiger partial charge on any atom is -0.258 e. The van der Waals surface area contributed by atoms with Crippen molar-refractivity contribution in [3.63, 3.8) is 0 Å². The Hall–Kier alpha value is -2.44. The smallest absolute Gasteiger partial charge is 0.258 e. The minimum atomic E-state index is -0.478. The molecule has 0 radical (unpaired) electrons. The predicted octanol–water partition coefficient (Wildman–Crippen LogP) is 5.93. The van der Waals surface area contributed by atoms with Gasteiger partial charge in [0.2, 0.25) is 0 Å². The van der Waals surface area contributed by atoms with Gasteiger partial charge in [0.25, 0.3) is 11.4 Å². The van der Waals surface area contributed by atoms with Gasteiger partial charge in [0, 0.05) is 28.8 Å². The Balaban J connectivity index is 2.80. The van der Waals surface area contributed by atoms with Gasteiger partial charge in [0.05, 0.1) is 9.85 Å². The Morgan fingerprint density at radius 3 is 1.38 bits per heavy atom. The Morgan fingerprint density at radius 2 is 1.12 bits per heavy atom. The van der Waals surface area contributed by atoms with E-state index in [1.807, 2.05) is 0 Å². The second-order valence-electron chi connectivity index (χ2n) is 6.02. The topological polar surface area (TPSA) is 86.3 Å². The fourth-order valence-corrected chi connectivity index (χ4v) is 3.17. The minimum absolute atomic E-state index is 0.0644. The highest BCUT2D eigenvalue weighted by molar-refractivity contribution is 6.59. The van der Waals surface area contributed by atoms with E-state index in [1.54, 1.807) is 39.8 Å². The third-order valence-corrected chi connectivity index (χ3v) is 4.82. The van der Waals surface area contributed by atoms with Crippen LogP contribution in [-0.2, 0) is 0 Å². The number of aryl methyl sites for hydroxylation is 2. The third kappa shape index (κ3) is 3.71. The molecule has 0 fully saturated rings. The highest BCUT2D eigenvalue weighted by Crippen LogP contribution is 2.37. The maximum Gasteiger partial charge on any atom is 0.273 e. The summed E-state index contributed by atoms with van der Waals surface area (Å²) in [5.74, 6) is 0. The number of nitro benzene ring substituents is 2. The molecule has 6 nitrogen and oxygen atoms in total. The Bertz CT molecular complexity index is 893. The number of nitrogens with zero attached hydrogens (tertiary/aromatic N) is 2. The summed E-state index contributed by atoms with van der Waals surface area (Å²) in [5, 5.41) is 22.7. The maximum atomic E-state index is 11.3. The fraction of sp³-hybridized carbons (Fsp3) is 0.222. The lowest BCUT2D eigenvalue weighted by Gasteiger charge is -2.13. The van der Waals surface area contributed by atoms with Crippen LogP contribution in [0.25, 0.3) is 5.57 Å². The lowest BCUT2D eigenvalue weighted by molar-refractivity contribution is -0.385. The number of benzene rings is 2. The van der Waals surface area contributed by atoms with Crippen LogP contribution in [0.2, 0.25) is 0 Å². The summed E-state index contributed by atoms with van der Waals surface area (Å²) >= 11 is 12.1. The van der Waals surface area contributed by atoms with Gasteiger partial charge < -0.3 is 0 Å². The van der Waals surface area contributed by atoms with E-state index in [0.717, 1.165) is 0 Å². The summed E-state index contributed by atoms with van der Waals surface area (Å²) in [5.41, 5.74) is 3.50. The van der Waals surface area contributed by atoms with Gasteiger partial charge in [-0.15, -0.1) is 0 Å². The van der Waals surface area contributed by atoms with Crippen LogP contribution in [0.4, 0.5) is 11.4 Å². The van der Waals surface area contributed by atoms with E-state index in [4.69, 9.17) is 23.2 Å². The van der Waals surface area contributed by atoms with Crippen LogP contribution in [0.3, 0.4) is 0 Å². The van der Waals surface area contributed by atoms with Crippen LogP contribution in [0.5, 0.6) is 0 Å². The van der Waals surface area contributed by atoms with Crippen LogP contribution in [0.15, 0.2) is 28.8 Å². The van der Waals surface area contributed by atoms with E-state index >= 15 is 0 Å². The molecule has 0 heterocycles. The quantitative estimate of drug-likeness (QED) is 0.474. The monoisotopic (exact) mass is 394 g/mol.